The molecule has 0 aliphatic heterocycles. The van der Waals surface area contributed by atoms with Crippen molar-refractivity contribution in [2.24, 2.45) is 0 Å². The predicted octanol–water partition coefficient (Wildman–Crippen LogP) is 4.33. The molecule has 0 unspecified atom stereocenters. The number of nitrogens with zero attached hydrogens (tertiary/aromatic N) is 1. The molecule has 1 radical (unpaired) electrons. The molecule has 0 aliphatic carbocycles. The Bertz CT molecular complexity index is 533. The molecule has 0 aliphatic rings. The molecule has 0 saturated heterocycles. The summed E-state index contributed by atoms with van der Waals surface area (Å²) in [5.41, 5.74) is 2.27. The van der Waals surface area contributed by atoms with E-state index in [4.69, 9.17) is 28.5 Å². The third-order valence-corrected chi connectivity index (χ3v) is 2.80. The van der Waals surface area contributed by atoms with Gasteiger partial charge in [0, 0.05) is 5.56 Å². The second kappa shape index (κ2) is 4.57. The lowest BCUT2D eigenvalue weighted by molar-refractivity contribution is 1.48. The SMILES string of the molecule is N#Cc1ccc(-c2c(Cl)c[c]cc2Cl)cc1. The van der Waals surface area contributed by atoms with Crippen molar-refractivity contribution in [1.29, 1.82) is 5.26 Å². The van der Waals surface area contributed by atoms with Crippen LogP contribution in [0.15, 0.2) is 36.4 Å². The van der Waals surface area contributed by atoms with Crippen molar-refractivity contribution in [3.8, 4) is 17.2 Å². The highest BCUT2D eigenvalue weighted by Gasteiger charge is 2.07. The first-order valence-corrected chi connectivity index (χ1v) is 5.33. The van der Waals surface area contributed by atoms with Crippen molar-refractivity contribution in [1.82, 2.24) is 0 Å². The Morgan fingerprint density at radius 3 is 2.06 bits per heavy atom. The molecule has 0 fully saturated rings. The third kappa shape index (κ3) is 2.04. The fourth-order valence-corrected chi connectivity index (χ4v) is 2.03. The number of hydrogen-bond donors (Lipinski definition) is 0. The molecule has 2 aromatic carbocycles. The molecule has 0 bridgehead atoms. The summed E-state index contributed by atoms with van der Waals surface area (Å²) in [6.45, 7) is 0. The van der Waals surface area contributed by atoms with Gasteiger partial charge >= 0.3 is 0 Å². The van der Waals surface area contributed by atoms with Crippen LogP contribution in [0, 0.1) is 17.4 Å². The van der Waals surface area contributed by atoms with Gasteiger partial charge in [0.05, 0.1) is 21.7 Å². The first-order chi connectivity index (χ1) is 7.72. The molecule has 0 amide bonds. The van der Waals surface area contributed by atoms with Gasteiger partial charge in [-0.1, -0.05) is 35.3 Å². The van der Waals surface area contributed by atoms with E-state index in [0.29, 0.717) is 15.6 Å². The van der Waals surface area contributed by atoms with Crippen LogP contribution < -0.4 is 0 Å². The molecule has 3 heteroatoms. The van der Waals surface area contributed by atoms with Crippen LogP contribution in [0.4, 0.5) is 0 Å². The van der Waals surface area contributed by atoms with Crippen LogP contribution in [0.2, 0.25) is 10.0 Å². The van der Waals surface area contributed by atoms with Gasteiger partial charge in [-0.2, -0.15) is 5.26 Å². The van der Waals surface area contributed by atoms with Crippen molar-refractivity contribution in [2.75, 3.05) is 0 Å². The van der Waals surface area contributed by atoms with Crippen molar-refractivity contribution in [3.63, 3.8) is 0 Å². The molecule has 0 heterocycles. The molecule has 2 rings (SSSR count). The Hall–Kier alpha value is -1.49. The van der Waals surface area contributed by atoms with Gasteiger partial charge in [-0.25, -0.2) is 0 Å². The average molecular weight is 247 g/mol. The van der Waals surface area contributed by atoms with Crippen LogP contribution >= 0.6 is 23.2 Å². The monoisotopic (exact) mass is 246 g/mol. The highest BCUT2D eigenvalue weighted by Crippen LogP contribution is 2.34. The van der Waals surface area contributed by atoms with E-state index >= 15 is 0 Å². The van der Waals surface area contributed by atoms with Crippen LogP contribution in [0.1, 0.15) is 5.56 Å². The maximum atomic E-state index is 8.70. The van der Waals surface area contributed by atoms with E-state index in [1.165, 1.54) is 0 Å². The summed E-state index contributed by atoms with van der Waals surface area (Å²) >= 11 is 12.1. The highest BCUT2D eigenvalue weighted by atomic mass is 35.5. The first kappa shape index (κ1) is 11.0. The molecule has 2 aromatic rings. The Balaban J connectivity index is 2.55. The number of halogens is 2. The summed E-state index contributed by atoms with van der Waals surface area (Å²) in [5, 5.41) is 9.81. The van der Waals surface area contributed by atoms with E-state index in [1.54, 1.807) is 24.3 Å². The van der Waals surface area contributed by atoms with E-state index in [9.17, 15) is 0 Å². The molecule has 0 aromatic heterocycles. The van der Waals surface area contributed by atoms with Gasteiger partial charge in [-0.15, -0.1) is 0 Å². The lowest BCUT2D eigenvalue weighted by atomic mass is 10.0. The largest absolute Gasteiger partial charge is 0.192 e. The summed E-state index contributed by atoms with van der Waals surface area (Å²) in [5.74, 6) is 0. The zero-order chi connectivity index (χ0) is 11.5. The number of benzene rings is 2. The van der Waals surface area contributed by atoms with Gasteiger partial charge in [0.2, 0.25) is 0 Å². The molecular weight excluding hydrogens is 241 g/mol. The minimum Gasteiger partial charge on any atom is -0.192 e. The summed E-state index contributed by atoms with van der Waals surface area (Å²) in [6.07, 6.45) is 0. The van der Waals surface area contributed by atoms with Crippen molar-refractivity contribution in [2.45, 2.75) is 0 Å². The van der Waals surface area contributed by atoms with Crippen LogP contribution in [0.25, 0.3) is 11.1 Å². The molecular formula is C13H6Cl2N. The summed E-state index contributed by atoms with van der Waals surface area (Å²) in [7, 11) is 0. The topological polar surface area (TPSA) is 23.8 Å². The summed E-state index contributed by atoms with van der Waals surface area (Å²) < 4.78 is 0. The Kier molecular flexibility index (Phi) is 3.14. The number of rotatable bonds is 1. The molecule has 0 N–H and O–H groups in total. The zero-order valence-corrected chi connectivity index (χ0v) is 9.68. The standard InChI is InChI=1S/C13H6Cl2N/c14-11-2-1-3-12(15)13(11)10-6-4-9(8-16)5-7-10/h2-7H. The lowest BCUT2D eigenvalue weighted by Gasteiger charge is -2.06. The molecule has 16 heavy (non-hydrogen) atoms. The van der Waals surface area contributed by atoms with Crippen molar-refractivity contribution in [3.05, 3.63) is 58.1 Å². The molecule has 0 spiro atoms. The number of nitriles is 1. The van der Waals surface area contributed by atoms with E-state index in [2.05, 4.69) is 12.1 Å². The minimum absolute atomic E-state index is 0.553. The summed E-state index contributed by atoms with van der Waals surface area (Å²) in [4.78, 5) is 0. The second-order valence-electron chi connectivity index (χ2n) is 3.22. The van der Waals surface area contributed by atoms with Gasteiger partial charge in [0.15, 0.2) is 0 Å². The summed E-state index contributed by atoms with van der Waals surface area (Å²) in [6, 6.07) is 15.4. The quantitative estimate of drug-likeness (QED) is 0.735. The van der Waals surface area contributed by atoms with Gasteiger partial charge in [0.1, 0.15) is 0 Å². The predicted molar refractivity (Wildman–Crippen MR) is 65.4 cm³/mol. The maximum absolute atomic E-state index is 8.70. The van der Waals surface area contributed by atoms with E-state index in [0.717, 1.165) is 11.1 Å². The minimum atomic E-state index is 0.553. The second-order valence-corrected chi connectivity index (χ2v) is 4.03. The van der Waals surface area contributed by atoms with E-state index in [-0.39, 0.29) is 0 Å². The van der Waals surface area contributed by atoms with Crippen LogP contribution in [-0.4, -0.2) is 0 Å². The van der Waals surface area contributed by atoms with Gasteiger partial charge in [-0.3, -0.25) is 0 Å². The lowest BCUT2D eigenvalue weighted by Crippen LogP contribution is -1.82. The highest BCUT2D eigenvalue weighted by molar-refractivity contribution is 6.39. The fraction of sp³-hybridized carbons (Fsp3) is 0. The Morgan fingerprint density at radius 2 is 1.56 bits per heavy atom. The number of hydrogen-bond acceptors (Lipinski definition) is 1. The van der Waals surface area contributed by atoms with Gasteiger partial charge < -0.3 is 0 Å². The normalized spacial score (nSPS) is 9.81. The van der Waals surface area contributed by atoms with Gasteiger partial charge in [-0.05, 0) is 35.9 Å². The van der Waals surface area contributed by atoms with Crippen LogP contribution in [0.3, 0.4) is 0 Å². The van der Waals surface area contributed by atoms with E-state index < -0.39 is 0 Å². The Labute approximate surface area is 104 Å². The van der Waals surface area contributed by atoms with Crippen LogP contribution in [-0.2, 0) is 0 Å². The van der Waals surface area contributed by atoms with Crippen molar-refractivity contribution >= 4 is 23.2 Å². The fourth-order valence-electron chi connectivity index (χ4n) is 1.43. The van der Waals surface area contributed by atoms with Crippen molar-refractivity contribution < 1.29 is 0 Å². The third-order valence-electron chi connectivity index (χ3n) is 2.20. The van der Waals surface area contributed by atoms with E-state index in [1.807, 2.05) is 12.1 Å². The zero-order valence-electron chi connectivity index (χ0n) is 8.17. The molecule has 0 saturated carbocycles. The molecule has 0 atom stereocenters. The maximum Gasteiger partial charge on any atom is 0.0991 e. The van der Waals surface area contributed by atoms with Gasteiger partial charge in [0.25, 0.3) is 0 Å². The smallest absolute Gasteiger partial charge is 0.0991 e. The Morgan fingerprint density at radius 1 is 1.00 bits per heavy atom. The molecule has 77 valence electrons. The average Bonchev–Trinajstić information content (AvgIpc) is 2.30. The molecule has 1 nitrogen and oxygen atoms in total. The van der Waals surface area contributed by atoms with Crippen LogP contribution in [0.5, 0.6) is 0 Å². The first-order valence-electron chi connectivity index (χ1n) is 4.58.